The summed E-state index contributed by atoms with van der Waals surface area (Å²) in [6.45, 7) is 6.51. The molecule has 0 aromatic rings. The zero-order valence-electron chi connectivity index (χ0n) is 42.6. The molecule has 0 amide bonds. The van der Waals surface area contributed by atoms with Gasteiger partial charge >= 0.3 is 17.9 Å². The van der Waals surface area contributed by atoms with Gasteiger partial charge in [-0.15, -0.1) is 0 Å². The molecule has 6 nitrogen and oxygen atoms in total. The Hall–Kier alpha value is -2.63. The second kappa shape index (κ2) is 53.0. The van der Waals surface area contributed by atoms with E-state index in [1.165, 1.54) is 161 Å². The van der Waals surface area contributed by atoms with Crippen molar-refractivity contribution in [3.63, 3.8) is 0 Å². The van der Waals surface area contributed by atoms with Crippen LogP contribution in [0.5, 0.6) is 0 Å². The lowest BCUT2D eigenvalue weighted by Gasteiger charge is -2.18. The third-order valence-corrected chi connectivity index (χ3v) is 12.1. The van der Waals surface area contributed by atoms with Crippen LogP contribution in [0.4, 0.5) is 0 Å². The molecule has 0 aliphatic carbocycles. The normalized spacial score (nSPS) is 12.4. The lowest BCUT2D eigenvalue weighted by atomic mass is 10.0. The van der Waals surface area contributed by atoms with E-state index in [0.29, 0.717) is 19.3 Å². The van der Waals surface area contributed by atoms with E-state index in [1.807, 2.05) is 0 Å². The molecule has 0 fully saturated rings. The number of esters is 3. The molecule has 0 aromatic carbocycles. The predicted octanol–water partition coefficient (Wildman–Crippen LogP) is 18.3. The van der Waals surface area contributed by atoms with E-state index in [0.717, 1.165) is 83.5 Å². The molecule has 0 spiro atoms. The van der Waals surface area contributed by atoms with Crippen LogP contribution in [0, 0.1) is 0 Å². The lowest BCUT2D eigenvalue weighted by molar-refractivity contribution is -0.167. The number of carbonyl (C=O) groups is 3. The molecule has 0 aromatic heterocycles. The van der Waals surface area contributed by atoms with Crippen molar-refractivity contribution in [3.05, 3.63) is 48.6 Å². The van der Waals surface area contributed by atoms with E-state index in [-0.39, 0.29) is 31.1 Å². The summed E-state index contributed by atoms with van der Waals surface area (Å²) in [6.07, 6.45) is 63.8. The van der Waals surface area contributed by atoms with Crippen LogP contribution < -0.4 is 0 Å². The van der Waals surface area contributed by atoms with Crippen LogP contribution >= 0.6 is 0 Å². The highest BCUT2D eigenvalue weighted by Crippen LogP contribution is 2.16. The van der Waals surface area contributed by atoms with Crippen LogP contribution in [0.1, 0.15) is 284 Å². The minimum atomic E-state index is -0.780. The second-order valence-electron chi connectivity index (χ2n) is 18.5. The van der Waals surface area contributed by atoms with E-state index in [2.05, 4.69) is 69.4 Å². The summed E-state index contributed by atoms with van der Waals surface area (Å²) in [7, 11) is 0. The van der Waals surface area contributed by atoms with Gasteiger partial charge in [0.05, 0.1) is 0 Å². The topological polar surface area (TPSA) is 78.9 Å². The van der Waals surface area contributed by atoms with Gasteiger partial charge < -0.3 is 14.2 Å². The van der Waals surface area contributed by atoms with Crippen molar-refractivity contribution < 1.29 is 28.6 Å². The highest BCUT2D eigenvalue weighted by atomic mass is 16.6. The van der Waals surface area contributed by atoms with Crippen molar-refractivity contribution in [2.75, 3.05) is 13.2 Å². The Kier molecular flexibility index (Phi) is 50.8. The Bertz CT molecular complexity index is 1120. The van der Waals surface area contributed by atoms with E-state index in [9.17, 15) is 14.4 Å². The molecule has 0 saturated carbocycles. The Labute approximate surface area is 397 Å². The van der Waals surface area contributed by atoms with Gasteiger partial charge in [-0.2, -0.15) is 0 Å². The highest BCUT2D eigenvalue weighted by Gasteiger charge is 2.19. The van der Waals surface area contributed by atoms with Crippen LogP contribution in [-0.4, -0.2) is 37.2 Å². The van der Waals surface area contributed by atoms with Gasteiger partial charge in [-0.1, -0.05) is 249 Å². The standard InChI is InChI=1S/C58H104O6/c1-4-7-10-13-16-19-22-25-27-28-29-30-31-34-36-39-42-45-48-51-57(60)63-54-55(53-62-56(59)50-47-44-41-38-35-32-24-21-18-15-12-9-6-3)64-58(61)52-49-46-43-40-37-33-26-23-20-17-14-11-8-5-2/h9,12,15,18,21,24,28-29,55H,4-8,10-11,13-14,16-17,19-20,22-23,25-27,30-54H2,1-3H3/b12-9+,18-15+,24-21+,29-28+. The Morgan fingerprint density at radius 1 is 0.328 bits per heavy atom. The molecule has 1 unspecified atom stereocenters. The second-order valence-corrected chi connectivity index (χ2v) is 18.5. The molecule has 372 valence electrons. The van der Waals surface area contributed by atoms with Crippen LogP contribution in [0.25, 0.3) is 0 Å². The monoisotopic (exact) mass is 897 g/mol. The minimum absolute atomic E-state index is 0.0795. The quantitative estimate of drug-likeness (QED) is 0.0199. The fourth-order valence-electron chi connectivity index (χ4n) is 7.97. The largest absolute Gasteiger partial charge is 0.462 e. The number of carbonyl (C=O) groups excluding carboxylic acids is 3. The first-order valence-electron chi connectivity index (χ1n) is 27.7. The van der Waals surface area contributed by atoms with Gasteiger partial charge in [-0.3, -0.25) is 14.4 Å². The number of hydrogen-bond donors (Lipinski definition) is 0. The minimum Gasteiger partial charge on any atom is -0.462 e. The van der Waals surface area contributed by atoms with Gasteiger partial charge in [0.25, 0.3) is 0 Å². The van der Waals surface area contributed by atoms with Crippen molar-refractivity contribution in [1.82, 2.24) is 0 Å². The fraction of sp³-hybridized carbons (Fsp3) is 0.810. The van der Waals surface area contributed by atoms with Crippen LogP contribution in [0.3, 0.4) is 0 Å². The van der Waals surface area contributed by atoms with Gasteiger partial charge in [-0.05, 0) is 64.2 Å². The smallest absolute Gasteiger partial charge is 0.306 e. The molecule has 0 N–H and O–H groups in total. The summed E-state index contributed by atoms with van der Waals surface area (Å²) in [4.78, 5) is 38.0. The summed E-state index contributed by atoms with van der Waals surface area (Å²) < 4.78 is 16.8. The Morgan fingerprint density at radius 2 is 0.625 bits per heavy atom. The maximum atomic E-state index is 12.8. The van der Waals surface area contributed by atoms with E-state index >= 15 is 0 Å². The third-order valence-electron chi connectivity index (χ3n) is 12.1. The molecule has 0 bridgehead atoms. The van der Waals surface area contributed by atoms with E-state index < -0.39 is 6.10 Å². The van der Waals surface area contributed by atoms with Crippen molar-refractivity contribution in [2.45, 2.75) is 290 Å². The zero-order valence-corrected chi connectivity index (χ0v) is 42.6. The molecule has 0 rings (SSSR count). The fourth-order valence-corrected chi connectivity index (χ4v) is 7.97. The average Bonchev–Trinajstić information content (AvgIpc) is 3.29. The summed E-state index contributed by atoms with van der Waals surface area (Å²) >= 11 is 0. The van der Waals surface area contributed by atoms with Crippen molar-refractivity contribution in [2.24, 2.45) is 0 Å². The average molecular weight is 897 g/mol. The lowest BCUT2D eigenvalue weighted by Crippen LogP contribution is -2.30. The predicted molar refractivity (Wildman–Crippen MR) is 275 cm³/mol. The number of ether oxygens (including phenoxy) is 3. The summed E-state index contributed by atoms with van der Waals surface area (Å²) in [5.41, 5.74) is 0. The van der Waals surface area contributed by atoms with Crippen LogP contribution in [0.15, 0.2) is 48.6 Å². The van der Waals surface area contributed by atoms with Gasteiger partial charge in [-0.25, -0.2) is 0 Å². The molecular weight excluding hydrogens is 793 g/mol. The maximum absolute atomic E-state index is 12.8. The highest BCUT2D eigenvalue weighted by molar-refractivity contribution is 5.71. The maximum Gasteiger partial charge on any atom is 0.306 e. The summed E-state index contributed by atoms with van der Waals surface area (Å²) in [5.74, 6) is -0.893. The molecule has 64 heavy (non-hydrogen) atoms. The SMILES string of the molecule is CC/C=C/C=C/C=C/CCCCCCCC(=O)OCC(COC(=O)CCCCCCCCC/C=C/CCCCCCCCCC)OC(=O)CCCCCCCCCCCCCCCC. The van der Waals surface area contributed by atoms with Gasteiger partial charge in [0.15, 0.2) is 6.10 Å². The van der Waals surface area contributed by atoms with Crippen molar-refractivity contribution >= 4 is 17.9 Å². The molecule has 0 radical (unpaired) electrons. The first kappa shape index (κ1) is 61.4. The molecule has 0 saturated heterocycles. The van der Waals surface area contributed by atoms with E-state index in [1.54, 1.807) is 0 Å². The molecular formula is C58H104O6. The van der Waals surface area contributed by atoms with Crippen molar-refractivity contribution in [3.8, 4) is 0 Å². The molecule has 6 heteroatoms. The van der Waals surface area contributed by atoms with Gasteiger partial charge in [0.2, 0.25) is 0 Å². The van der Waals surface area contributed by atoms with E-state index in [4.69, 9.17) is 14.2 Å². The molecule has 0 aliphatic rings. The number of unbranched alkanes of at least 4 members (excludes halogenated alkanes) is 33. The van der Waals surface area contributed by atoms with Gasteiger partial charge in [0.1, 0.15) is 13.2 Å². The molecule has 1 atom stereocenters. The van der Waals surface area contributed by atoms with Crippen LogP contribution in [0.2, 0.25) is 0 Å². The first-order chi connectivity index (χ1) is 31.5. The number of rotatable bonds is 50. The first-order valence-corrected chi connectivity index (χ1v) is 27.7. The third kappa shape index (κ3) is 50.4. The number of hydrogen-bond acceptors (Lipinski definition) is 6. The van der Waals surface area contributed by atoms with Crippen LogP contribution in [-0.2, 0) is 28.6 Å². The van der Waals surface area contributed by atoms with Gasteiger partial charge in [0, 0.05) is 19.3 Å². The summed E-state index contributed by atoms with van der Waals surface area (Å²) in [6, 6.07) is 0. The van der Waals surface area contributed by atoms with Crippen molar-refractivity contribution in [1.29, 1.82) is 0 Å². The zero-order chi connectivity index (χ0) is 46.5. The molecule has 0 heterocycles. The Balaban J connectivity index is 4.34. The summed E-state index contributed by atoms with van der Waals surface area (Å²) in [5, 5.41) is 0. The molecule has 0 aliphatic heterocycles. The number of allylic oxidation sites excluding steroid dienone is 8. The Morgan fingerprint density at radius 3 is 0.984 bits per heavy atom.